The van der Waals surface area contributed by atoms with E-state index in [0.29, 0.717) is 0 Å². The summed E-state index contributed by atoms with van der Waals surface area (Å²) in [5.74, 6) is 0.941. The van der Waals surface area contributed by atoms with Gasteiger partial charge in [0.1, 0.15) is 5.75 Å². The first-order valence-electron chi connectivity index (χ1n) is 7.37. The summed E-state index contributed by atoms with van der Waals surface area (Å²) in [6, 6.07) is 6.61. The second-order valence-electron chi connectivity index (χ2n) is 5.33. The average Bonchev–Trinajstić information content (AvgIpc) is 2.51. The van der Waals surface area contributed by atoms with E-state index < -0.39 is 0 Å². The molecule has 1 aromatic heterocycles. The van der Waals surface area contributed by atoms with E-state index in [9.17, 15) is 0 Å². The molecule has 1 unspecified atom stereocenters. The highest BCUT2D eigenvalue weighted by Gasteiger charge is 2.18. The van der Waals surface area contributed by atoms with Crippen molar-refractivity contribution in [1.82, 2.24) is 10.3 Å². The van der Waals surface area contributed by atoms with Crippen LogP contribution in [0.4, 0.5) is 0 Å². The highest BCUT2D eigenvalue weighted by atomic mass is 16.5. The molecule has 112 valence electrons. The first-order valence-corrected chi connectivity index (χ1v) is 7.37. The zero-order chi connectivity index (χ0) is 15.4. The van der Waals surface area contributed by atoms with Crippen molar-refractivity contribution in [2.24, 2.45) is 0 Å². The Labute approximate surface area is 127 Å². The van der Waals surface area contributed by atoms with E-state index in [-0.39, 0.29) is 6.04 Å². The van der Waals surface area contributed by atoms with E-state index in [1.54, 1.807) is 7.11 Å². The van der Waals surface area contributed by atoms with Crippen LogP contribution in [0.1, 0.15) is 40.8 Å². The minimum atomic E-state index is 0.174. The van der Waals surface area contributed by atoms with Crippen molar-refractivity contribution in [3.05, 3.63) is 58.4 Å². The quantitative estimate of drug-likeness (QED) is 0.911. The maximum Gasteiger partial charge on any atom is 0.122 e. The normalized spacial score (nSPS) is 12.2. The van der Waals surface area contributed by atoms with Crippen molar-refractivity contribution < 1.29 is 4.74 Å². The van der Waals surface area contributed by atoms with Crippen LogP contribution in [0.25, 0.3) is 0 Å². The van der Waals surface area contributed by atoms with Crippen LogP contribution in [-0.4, -0.2) is 19.1 Å². The number of aryl methyl sites for hydroxylation is 3. The van der Waals surface area contributed by atoms with Gasteiger partial charge in [-0.15, -0.1) is 0 Å². The van der Waals surface area contributed by atoms with Crippen molar-refractivity contribution in [3.63, 3.8) is 0 Å². The van der Waals surface area contributed by atoms with E-state index >= 15 is 0 Å². The van der Waals surface area contributed by atoms with E-state index in [1.165, 1.54) is 22.3 Å². The number of hydrogen-bond donors (Lipinski definition) is 1. The highest BCUT2D eigenvalue weighted by molar-refractivity contribution is 5.46. The molecular formula is C18H24N2O. The largest absolute Gasteiger partial charge is 0.496 e. The highest BCUT2D eigenvalue weighted by Crippen LogP contribution is 2.31. The smallest absolute Gasteiger partial charge is 0.122 e. The molecule has 1 heterocycles. The summed E-state index contributed by atoms with van der Waals surface area (Å²) >= 11 is 0. The summed E-state index contributed by atoms with van der Waals surface area (Å²) in [6.45, 7) is 6.38. The van der Waals surface area contributed by atoms with Gasteiger partial charge in [0.25, 0.3) is 0 Å². The Hall–Kier alpha value is -1.87. The molecule has 0 spiro atoms. The zero-order valence-corrected chi connectivity index (χ0v) is 13.5. The molecule has 1 atom stereocenters. The average molecular weight is 284 g/mol. The van der Waals surface area contributed by atoms with Crippen molar-refractivity contribution in [2.75, 3.05) is 14.2 Å². The van der Waals surface area contributed by atoms with E-state index in [2.05, 4.69) is 49.3 Å². The van der Waals surface area contributed by atoms with Gasteiger partial charge in [0.05, 0.1) is 13.2 Å². The monoisotopic (exact) mass is 284 g/mol. The number of aromatic nitrogens is 1. The standard InChI is InChI=1S/C18H24N2O/c1-6-14-11-20-8-7-15(14)18(19-4)16-9-13(3)17(21-5)10-12(16)2/h7-11,18-19H,6H2,1-5H3. The lowest BCUT2D eigenvalue weighted by molar-refractivity contribution is 0.411. The minimum Gasteiger partial charge on any atom is -0.496 e. The molecule has 3 heteroatoms. The predicted octanol–water partition coefficient (Wildman–Crippen LogP) is 3.58. The van der Waals surface area contributed by atoms with Crippen molar-refractivity contribution in [2.45, 2.75) is 33.2 Å². The van der Waals surface area contributed by atoms with Gasteiger partial charge in [0.15, 0.2) is 0 Å². The molecule has 0 radical (unpaired) electrons. The third-order valence-corrected chi connectivity index (χ3v) is 4.02. The summed E-state index contributed by atoms with van der Waals surface area (Å²) in [4.78, 5) is 4.25. The Bertz CT molecular complexity index is 623. The zero-order valence-electron chi connectivity index (χ0n) is 13.5. The van der Waals surface area contributed by atoms with Crippen LogP contribution in [-0.2, 0) is 6.42 Å². The minimum absolute atomic E-state index is 0.174. The van der Waals surface area contributed by atoms with Crippen LogP contribution in [0.2, 0.25) is 0 Å². The van der Waals surface area contributed by atoms with Gasteiger partial charge in [-0.3, -0.25) is 4.98 Å². The lowest BCUT2D eigenvalue weighted by atomic mass is 9.91. The SMILES string of the molecule is CCc1cnccc1C(NC)c1cc(C)c(OC)cc1C. The van der Waals surface area contributed by atoms with E-state index in [1.807, 2.05) is 19.4 Å². The molecule has 0 aliphatic rings. The molecule has 0 saturated heterocycles. The van der Waals surface area contributed by atoms with Gasteiger partial charge in [-0.1, -0.05) is 13.0 Å². The fourth-order valence-corrected chi connectivity index (χ4v) is 2.84. The molecule has 0 saturated carbocycles. The van der Waals surface area contributed by atoms with Crippen LogP contribution in [0.15, 0.2) is 30.6 Å². The van der Waals surface area contributed by atoms with Gasteiger partial charge in [-0.2, -0.15) is 0 Å². The maximum atomic E-state index is 5.41. The molecule has 0 fully saturated rings. The van der Waals surface area contributed by atoms with Crippen molar-refractivity contribution in [1.29, 1.82) is 0 Å². The third-order valence-electron chi connectivity index (χ3n) is 4.02. The Kier molecular flexibility index (Phi) is 4.97. The Morgan fingerprint density at radius 2 is 1.95 bits per heavy atom. The number of nitrogens with zero attached hydrogens (tertiary/aromatic N) is 1. The second-order valence-corrected chi connectivity index (χ2v) is 5.33. The summed E-state index contributed by atoms with van der Waals surface area (Å²) in [5, 5.41) is 3.45. The van der Waals surface area contributed by atoms with E-state index in [4.69, 9.17) is 4.74 Å². The van der Waals surface area contributed by atoms with Gasteiger partial charge >= 0.3 is 0 Å². The first kappa shape index (κ1) is 15.5. The number of rotatable bonds is 5. The molecule has 21 heavy (non-hydrogen) atoms. The Morgan fingerprint density at radius 1 is 1.19 bits per heavy atom. The Morgan fingerprint density at radius 3 is 2.57 bits per heavy atom. The summed E-state index contributed by atoms with van der Waals surface area (Å²) in [6.07, 6.45) is 4.81. The lowest BCUT2D eigenvalue weighted by Gasteiger charge is -2.23. The fraction of sp³-hybridized carbons (Fsp3) is 0.389. The fourth-order valence-electron chi connectivity index (χ4n) is 2.84. The summed E-state index contributed by atoms with van der Waals surface area (Å²) < 4.78 is 5.41. The van der Waals surface area contributed by atoms with Crippen LogP contribution in [0.3, 0.4) is 0 Å². The van der Waals surface area contributed by atoms with Gasteiger partial charge in [-0.25, -0.2) is 0 Å². The molecule has 2 aromatic rings. The second kappa shape index (κ2) is 6.72. The number of hydrogen-bond acceptors (Lipinski definition) is 3. The molecule has 1 N–H and O–H groups in total. The maximum absolute atomic E-state index is 5.41. The molecule has 3 nitrogen and oxygen atoms in total. The topological polar surface area (TPSA) is 34.2 Å². The van der Waals surface area contributed by atoms with Crippen LogP contribution in [0.5, 0.6) is 5.75 Å². The third kappa shape index (κ3) is 3.08. The van der Waals surface area contributed by atoms with Gasteiger partial charge in [0.2, 0.25) is 0 Å². The van der Waals surface area contributed by atoms with Crippen molar-refractivity contribution >= 4 is 0 Å². The number of methoxy groups -OCH3 is 1. The number of pyridine rings is 1. The van der Waals surface area contributed by atoms with Crippen molar-refractivity contribution in [3.8, 4) is 5.75 Å². The van der Waals surface area contributed by atoms with Crippen LogP contribution < -0.4 is 10.1 Å². The predicted molar refractivity (Wildman–Crippen MR) is 87.0 cm³/mol. The molecule has 0 aliphatic heterocycles. The van der Waals surface area contributed by atoms with Crippen LogP contribution in [0, 0.1) is 13.8 Å². The number of benzene rings is 1. The van der Waals surface area contributed by atoms with Gasteiger partial charge < -0.3 is 10.1 Å². The van der Waals surface area contributed by atoms with Gasteiger partial charge in [0, 0.05) is 12.4 Å². The van der Waals surface area contributed by atoms with Crippen LogP contribution >= 0.6 is 0 Å². The lowest BCUT2D eigenvalue weighted by Crippen LogP contribution is -2.20. The van der Waals surface area contributed by atoms with Gasteiger partial charge in [-0.05, 0) is 67.3 Å². The molecule has 0 amide bonds. The molecular weight excluding hydrogens is 260 g/mol. The van der Waals surface area contributed by atoms with E-state index in [0.717, 1.165) is 17.7 Å². The molecule has 0 aliphatic carbocycles. The molecule has 0 bridgehead atoms. The molecule has 2 rings (SSSR count). The summed E-state index contributed by atoms with van der Waals surface area (Å²) in [7, 11) is 3.72. The molecule has 1 aromatic carbocycles. The summed E-state index contributed by atoms with van der Waals surface area (Å²) in [5.41, 5.74) is 6.25. The Balaban J connectivity index is 2.54. The first-order chi connectivity index (χ1) is 10.1. The number of ether oxygens (including phenoxy) is 1. The number of nitrogens with one attached hydrogen (secondary N) is 1.